The summed E-state index contributed by atoms with van der Waals surface area (Å²) < 4.78 is 0. The number of benzene rings is 1. The summed E-state index contributed by atoms with van der Waals surface area (Å²) >= 11 is 0. The van der Waals surface area contributed by atoms with Gasteiger partial charge in [-0.1, -0.05) is 24.3 Å². The van der Waals surface area contributed by atoms with Gasteiger partial charge in [-0.3, -0.25) is 24.2 Å². The van der Waals surface area contributed by atoms with Crippen molar-refractivity contribution in [2.45, 2.75) is 30.7 Å². The molecule has 0 bridgehead atoms. The topological polar surface area (TPSA) is 120 Å². The van der Waals surface area contributed by atoms with Gasteiger partial charge < -0.3 is 20.2 Å². The van der Waals surface area contributed by atoms with Gasteiger partial charge in [0.2, 0.25) is 17.7 Å². The number of carbonyl (C=O) groups is 4. The Bertz CT molecular complexity index is 1040. The zero-order chi connectivity index (χ0) is 22.7. The third kappa shape index (κ3) is 3.49. The van der Waals surface area contributed by atoms with E-state index in [1.54, 1.807) is 22.2 Å². The van der Waals surface area contributed by atoms with Gasteiger partial charge in [0.05, 0.1) is 12.6 Å². The van der Waals surface area contributed by atoms with E-state index in [1.807, 2.05) is 36.4 Å². The van der Waals surface area contributed by atoms with Gasteiger partial charge in [-0.25, -0.2) is 0 Å². The summed E-state index contributed by atoms with van der Waals surface area (Å²) in [5.41, 5.74) is 1.71. The van der Waals surface area contributed by atoms with Gasteiger partial charge in [0.1, 0.15) is 5.41 Å². The number of nitrogens with zero attached hydrogens (tertiary/aromatic N) is 3. The molecule has 5 rings (SSSR count). The molecule has 166 valence electrons. The quantitative estimate of drug-likeness (QED) is 0.705. The van der Waals surface area contributed by atoms with E-state index in [-0.39, 0.29) is 30.7 Å². The van der Waals surface area contributed by atoms with Crippen LogP contribution in [0.5, 0.6) is 0 Å². The van der Waals surface area contributed by atoms with E-state index < -0.39 is 11.5 Å². The van der Waals surface area contributed by atoms with E-state index >= 15 is 0 Å². The highest BCUT2D eigenvalue weighted by atomic mass is 16.3. The van der Waals surface area contributed by atoms with Gasteiger partial charge in [0, 0.05) is 37.6 Å². The number of para-hydroxylation sites is 1. The lowest BCUT2D eigenvalue weighted by Crippen LogP contribution is -2.45. The van der Waals surface area contributed by atoms with Crippen molar-refractivity contribution in [2.75, 3.05) is 25.0 Å². The fraction of sp³-hybridized carbons (Fsp3) is 0.348. The normalized spacial score (nSPS) is 23.6. The summed E-state index contributed by atoms with van der Waals surface area (Å²) in [6, 6.07) is 11.0. The molecule has 2 atom stereocenters. The molecule has 1 spiro atoms. The number of amides is 3. The van der Waals surface area contributed by atoms with Gasteiger partial charge in [0.25, 0.3) is 6.47 Å². The summed E-state index contributed by atoms with van der Waals surface area (Å²) in [6.07, 6.45) is 5.24. The summed E-state index contributed by atoms with van der Waals surface area (Å²) in [5.74, 6) is -0.183. The van der Waals surface area contributed by atoms with Crippen LogP contribution >= 0.6 is 0 Å². The first-order valence-electron chi connectivity index (χ1n) is 10.5. The second-order valence-electron chi connectivity index (χ2n) is 8.02. The number of hydrogen-bond acceptors (Lipinski definition) is 5. The summed E-state index contributed by atoms with van der Waals surface area (Å²) in [6.45, 7) is 0.890. The monoisotopic (exact) mass is 436 g/mol. The van der Waals surface area contributed by atoms with Crippen LogP contribution in [0.3, 0.4) is 0 Å². The van der Waals surface area contributed by atoms with Crippen LogP contribution in [0, 0.1) is 0 Å². The maximum atomic E-state index is 13.3. The van der Waals surface area contributed by atoms with Gasteiger partial charge in [-0.15, -0.1) is 0 Å². The minimum atomic E-state index is -0.843. The van der Waals surface area contributed by atoms with E-state index in [0.717, 1.165) is 23.2 Å². The lowest BCUT2D eigenvalue weighted by molar-refractivity contribution is -0.139. The maximum absolute atomic E-state index is 13.3. The average Bonchev–Trinajstić information content (AvgIpc) is 3.47. The van der Waals surface area contributed by atoms with Crippen molar-refractivity contribution in [1.82, 2.24) is 14.8 Å². The molecule has 1 aromatic carbocycles. The molecule has 2 fully saturated rings. The van der Waals surface area contributed by atoms with Crippen molar-refractivity contribution in [1.29, 1.82) is 0 Å². The average molecular weight is 436 g/mol. The van der Waals surface area contributed by atoms with Gasteiger partial charge in [0.15, 0.2) is 0 Å². The Labute approximate surface area is 185 Å². The first-order valence-corrected chi connectivity index (χ1v) is 10.5. The molecule has 3 aliphatic heterocycles. The molecule has 0 saturated carbocycles. The highest BCUT2D eigenvalue weighted by Gasteiger charge is 2.59. The summed E-state index contributed by atoms with van der Waals surface area (Å²) in [5, 5.41) is 9.90. The molecule has 2 aromatic rings. The Morgan fingerprint density at radius 2 is 2.00 bits per heavy atom. The number of hydrogen-bond donors (Lipinski definition) is 2. The van der Waals surface area contributed by atoms with Crippen molar-refractivity contribution in [3.05, 3.63) is 59.9 Å². The predicted molar refractivity (Wildman–Crippen MR) is 115 cm³/mol. The Kier molecular flexibility index (Phi) is 5.89. The molecule has 1 aromatic heterocycles. The zero-order valence-electron chi connectivity index (χ0n) is 17.4. The first kappa shape index (κ1) is 21.5. The molecule has 9 heteroatoms. The van der Waals surface area contributed by atoms with E-state index in [4.69, 9.17) is 9.90 Å². The van der Waals surface area contributed by atoms with Crippen LogP contribution in [-0.2, 0) is 24.6 Å². The minimum absolute atomic E-state index is 0.0224. The lowest BCUT2D eigenvalue weighted by atomic mass is 9.73. The lowest BCUT2D eigenvalue weighted by Gasteiger charge is -2.34. The highest BCUT2D eigenvalue weighted by Crippen LogP contribution is 2.54. The highest BCUT2D eigenvalue weighted by molar-refractivity contribution is 6.07. The third-order valence-electron chi connectivity index (χ3n) is 6.40. The smallest absolute Gasteiger partial charge is 0.290 e. The Balaban J connectivity index is 0.000000775. The molecule has 0 aliphatic carbocycles. The van der Waals surface area contributed by atoms with E-state index in [9.17, 15) is 14.4 Å². The number of carbonyl (C=O) groups excluding carboxylic acids is 3. The molecule has 2 N–H and O–H groups in total. The molecule has 2 unspecified atom stereocenters. The molecule has 4 heterocycles. The van der Waals surface area contributed by atoms with Gasteiger partial charge in [-0.2, -0.15) is 0 Å². The van der Waals surface area contributed by atoms with E-state index in [0.29, 0.717) is 25.9 Å². The van der Waals surface area contributed by atoms with Crippen molar-refractivity contribution in [3.63, 3.8) is 0 Å². The number of likely N-dealkylation sites (tertiary alicyclic amines) is 2. The van der Waals surface area contributed by atoms with Crippen LogP contribution in [0.25, 0.3) is 0 Å². The Morgan fingerprint density at radius 3 is 2.69 bits per heavy atom. The number of rotatable bonds is 3. The summed E-state index contributed by atoms with van der Waals surface area (Å²) in [4.78, 5) is 54.6. The molecule has 3 aliphatic rings. The molecule has 2 saturated heterocycles. The molecular formula is C23H24N4O5. The van der Waals surface area contributed by atoms with Crippen LogP contribution in [0.15, 0.2) is 48.8 Å². The maximum Gasteiger partial charge on any atom is 0.290 e. The Hall–Kier alpha value is -3.75. The van der Waals surface area contributed by atoms with Crippen molar-refractivity contribution >= 4 is 29.9 Å². The first-order chi connectivity index (χ1) is 15.5. The standard InChI is InChI=1S/C22H22N4O3.CH2O2/c27-18-8-4-11-25(18)14-19(28)26-12-9-22(20(26)15-5-3-10-23-13-15)16-6-1-2-7-17(16)24-21(22)29;2-1-3/h1-3,5-7,10,13,20H,4,8-9,11-12,14H2,(H,24,29);1H,(H,2,3). The van der Waals surface area contributed by atoms with Crippen molar-refractivity contribution in [3.8, 4) is 0 Å². The number of carboxylic acid groups (broad SMARTS) is 1. The minimum Gasteiger partial charge on any atom is -0.483 e. The molecule has 0 radical (unpaired) electrons. The largest absolute Gasteiger partial charge is 0.483 e. The fourth-order valence-corrected chi connectivity index (χ4v) is 5.08. The fourth-order valence-electron chi connectivity index (χ4n) is 5.08. The Morgan fingerprint density at radius 1 is 1.22 bits per heavy atom. The molecule has 9 nitrogen and oxygen atoms in total. The van der Waals surface area contributed by atoms with E-state index in [2.05, 4.69) is 10.3 Å². The number of aromatic nitrogens is 1. The molecule has 32 heavy (non-hydrogen) atoms. The summed E-state index contributed by atoms with van der Waals surface area (Å²) in [7, 11) is 0. The van der Waals surface area contributed by atoms with Gasteiger partial charge >= 0.3 is 0 Å². The van der Waals surface area contributed by atoms with Crippen molar-refractivity contribution < 1.29 is 24.3 Å². The van der Waals surface area contributed by atoms with Crippen LogP contribution in [0.1, 0.15) is 36.4 Å². The van der Waals surface area contributed by atoms with Crippen LogP contribution < -0.4 is 5.32 Å². The van der Waals surface area contributed by atoms with Crippen LogP contribution in [-0.4, -0.2) is 63.7 Å². The second kappa shape index (κ2) is 8.78. The number of fused-ring (bicyclic) bond motifs is 2. The van der Waals surface area contributed by atoms with Crippen LogP contribution in [0.4, 0.5) is 5.69 Å². The SMILES string of the molecule is O=C1CCCN1CC(=O)N1CCC2(C(=O)Nc3ccccc32)C1c1cccnc1.O=CO. The number of nitrogens with one attached hydrogen (secondary N) is 1. The van der Waals surface area contributed by atoms with Gasteiger partial charge in [-0.05, 0) is 36.1 Å². The van der Waals surface area contributed by atoms with E-state index in [1.165, 1.54) is 0 Å². The zero-order valence-corrected chi connectivity index (χ0v) is 17.4. The second-order valence-corrected chi connectivity index (χ2v) is 8.02. The van der Waals surface area contributed by atoms with Crippen molar-refractivity contribution in [2.24, 2.45) is 0 Å². The number of anilines is 1. The third-order valence-corrected chi connectivity index (χ3v) is 6.40. The molecule has 3 amide bonds. The van der Waals surface area contributed by atoms with Crippen LogP contribution in [0.2, 0.25) is 0 Å². The molecular weight excluding hydrogens is 412 g/mol. The predicted octanol–water partition coefficient (Wildman–Crippen LogP) is 1.57. The number of pyridine rings is 1.